The van der Waals surface area contributed by atoms with E-state index < -0.39 is 24.9 Å². The van der Waals surface area contributed by atoms with Gasteiger partial charge in [0.25, 0.3) is 5.92 Å². The molecule has 1 aliphatic carbocycles. The third-order valence-electron chi connectivity index (χ3n) is 6.96. The van der Waals surface area contributed by atoms with Gasteiger partial charge in [-0.2, -0.15) is 0 Å². The Kier molecular flexibility index (Phi) is 5.79. The zero-order chi connectivity index (χ0) is 22.3. The quantitative estimate of drug-likeness (QED) is 0.714. The molecule has 1 aromatic carbocycles. The fourth-order valence-electron chi connectivity index (χ4n) is 4.86. The predicted molar refractivity (Wildman–Crippen MR) is 114 cm³/mol. The molecule has 3 heterocycles. The number of likely N-dealkylation sites (tertiary alicyclic amines) is 2. The molecule has 0 bridgehead atoms. The third-order valence-corrected chi connectivity index (χ3v) is 6.96. The summed E-state index contributed by atoms with van der Waals surface area (Å²) in [7, 11) is 0. The molecule has 1 aromatic rings. The lowest BCUT2D eigenvalue weighted by Gasteiger charge is -2.45. The van der Waals surface area contributed by atoms with Crippen LogP contribution >= 0.6 is 0 Å². The van der Waals surface area contributed by atoms with Crippen LogP contribution in [0, 0.1) is 5.92 Å². The Bertz CT molecular complexity index is 849. The maximum Gasteiger partial charge on any atom is 0.262 e. The number of nitrogens with zero attached hydrogens (tertiary/aromatic N) is 3. The molecule has 1 saturated carbocycles. The molecular weight excluding hydrogens is 418 g/mol. The zero-order valence-corrected chi connectivity index (χ0v) is 18.1. The summed E-state index contributed by atoms with van der Waals surface area (Å²) in [6, 6.07) is 6.92. The number of rotatable bonds is 6. The molecule has 1 N–H and O–H groups in total. The van der Waals surface area contributed by atoms with Crippen molar-refractivity contribution >= 4 is 17.5 Å². The summed E-state index contributed by atoms with van der Waals surface area (Å²) in [4.78, 5) is 30.6. The SMILES string of the molecule is O=C(NCc1ccc(N2CCOCC2)cc1)C1CC(F)(F)CN1C1CN(C(=O)C2CC2)C1. The number of ether oxygens (including phenoxy) is 1. The highest BCUT2D eigenvalue weighted by Gasteiger charge is 2.53. The number of hydrogen-bond donors (Lipinski definition) is 1. The average Bonchev–Trinajstić information content (AvgIpc) is 3.56. The lowest BCUT2D eigenvalue weighted by Crippen LogP contribution is -2.64. The summed E-state index contributed by atoms with van der Waals surface area (Å²) >= 11 is 0. The van der Waals surface area contributed by atoms with E-state index in [-0.39, 0.29) is 23.8 Å². The van der Waals surface area contributed by atoms with Crippen molar-refractivity contribution in [2.75, 3.05) is 50.8 Å². The summed E-state index contributed by atoms with van der Waals surface area (Å²) in [6.07, 6.45) is 1.39. The van der Waals surface area contributed by atoms with Gasteiger partial charge in [0, 0.05) is 56.8 Å². The number of anilines is 1. The Morgan fingerprint density at radius 1 is 1.09 bits per heavy atom. The first kappa shape index (κ1) is 21.6. The molecule has 9 heteroatoms. The van der Waals surface area contributed by atoms with E-state index in [9.17, 15) is 18.4 Å². The number of nitrogens with one attached hydrogen (secondary N) is 1. The van der Waals surface area contributed by atoms with Gasteiger partial charge in [0.15, 0.2) is 0 Å². The highest BCUT2D eigenvalue weighted by atomic mass is 19.3. The number of benzene rings is 1. The molecule has 174 valence electrons. The van der Waals surface area contributed by atoms with Crippen LogP contribution in [0.3, 0.4) is 0 Å². The van der Waals surface area contributed by atoms with Crippen molar-refractivity contribution in [1.29, 1.82) is 0 Å². The second-order valence-electron chi connectivity index (χ2n) is 9.40. The highest BCUT2D eigenvalue weighted by Crippen LogP contribution is 2.37. The molecular formula is C23H30F2N4O3. The molecule has 4 fully saturated rings. The Morgan fingerprint density at radius 3 is 2.44 bits per heavy atom. The predicted octanol–water partition coefficient (Wildman–Crippen LogP) is 1.47. The molecule has 4 aliphatic rings. The van der Waals surface area contributed by atoms with Crippen molar-refractivity contribution in [3.8, 4) is 0 Å². The summed E-state index contributed by atoms with van der Waals surface area (Å²) < 4.78 is 33.8. The molecule has 3 saturated heterocycles. The van der Waals surface area contributed by atoms with E-state index in [2.05, 4.69) is 10.2 Å². The number of amides is 2. The van der Waals surface area contributed by atoms with Crippen LogP contribution in [0.25, 0.3) is 0 Å². The first-order chi connectivity index (χ1) is 15.4. The van der Waals surface area contributed by atoms with Gasteiger partial charge < -0.3 is 19.9 Å². The molecule has 1 atom stereocenters. The van der Waals surface area contributed by atoms with Gasteiger partial charge in [0.05, 0.1) is 25.8 Å². The molecule has 7 nitrogen and oxygen atoms in total. The van der Waals surface area contributed by atoms with Gasteiger partial charge in [0.2, 0.25) is 11.8 Å². The van der Waals surface area contributed by atoms with Gasteiger partial charge in [-0.3, -0.25) is 14.5 Å². The smallest absolute Gasteiger partial charge is 0.262 e. The van der Waals surface area contributed by atoms with E-state index in [1.54, 1.807) is 9.80 Å². The van der Waals surface area contributed by atoms with Crippen molar-refractivity contribution in [3.63, 3.8) is 0 Å². The molecule has 1 unspecified atom stereocenters. The van der Waals surface area contributed by atoms with Crippen LogP contribution in [0.1, 0.15) is 24.8 Å². The van der Waals surface area contributed by atoms with E-state index in [1.807, 2.05) is 24.3 Å². The fraction of sp³-hybridized carbons (Fsp3) is 0.652. The Hall–Kier alpha value is -2.26. The Morgan fingerprint density at radius 2 is 1.78 bits per heavy atom. The first-order valence-corrected chi connectivity index (χ1v) is 11.5. The number of carbonyl (C=O) groups excluding carboxylic acids is 2. The van der Waals surface area contributed by atoms with Crippen LogP contribution in [0.4, 0.5) is 14.5 Å². The minimum absolute atomic E-state index is 0.129. The Labute approximate surface area is 186 Å². The fourth-order valence-corrected chi connectivity index (χ4v) is 4.86. The molecule has 0 radical (unpaired) electrons. The topological polar surface area (TPSA) is 65.1 Å². The second-order valence-corrected chi connectivity index (χ2v) is 9.40. The normalized spacial score (nSPS) is 26.1. The number of morpholine rings is 1. The standard InChI is InChI=1S/C23H30F2N4O3/c24-23(25)11-20(29(15-23)19-13-28(14-19)22(31)17-3-4-17)21(30)26-12-16-1-5-18(6-2-16)27-7-9-32-10-8-27/h1-2,5-6,17,19-20H,3-4,7-15H2,(H,26,30). The van der Waals surface area contributed by atoms with Crippen LogP contribution in [-0.2, 0) is 20.9 Å². The molecule has 0 spiro atoms. The summed E-state index contributed by atoms with van der Waals surface area (Å²) in [5, 5.41) is 2.84. The van der Waals surface area contributed by atoms with Gasteiger partial charge in [-0.1, -0.05) is 12.1 Å². The minimum Gasteiger partial charge on any atom is -0.378 e. The number of hydrogen-bond acceptors (Lipinski definition) is 5. The third kappa shape index (κ3) is 4.59. The lowest BCUT2D eigenvalue weighted by molar-refractivity contribution is -0.141. The minimum atomic E-state index is -2.89. The van der Waals surface area contributed by atoms with Gasteiger partial charge in [-0.15, -0.1) is 0 Å². The zero-order valence-electron chi connectivity index (χ0n) is 18.1. The van der Waals surface area contributed by atoms with Crippen molar-refractivity contribution in [3.05, 3.63) is 29.8 Å². The van der Waals surface area contributed by atoms with Gasteiger partial charge in [0.1, 0.15) is 0 Å². The maximum absolute atomic E-state index is 14.2. The van der Waals surface area contributed by atoms with Gasteiger partial charge in [-0.25, -0.2) is 8.78 Å². The first-order valence-electron chi connectivity index (χ1n) is 11.5. The van der Waals surface area contributed by atoms with Crippen molar-refractivity contribution in [2.24, 2.45) is 5.92 Å². The van der Waals surface area contributed by atoms with Gasteiger partial charge >= 0.3 is 0 Å². The summed E-state index contributed by atoms with van der Waals surface area (Å²) in [5.41, 5.74) is 2.04. The summed E-state index contributed by atoms with van der Waals surface area (Å²) in [6.45, 7) is 3.90. The second kappa shape index (κ2) is 8.59. The lowest BCUT2D eigenvalue weighted by atomic mass is 10.0. The number of halogens is 2. The van der Waals surface area contributed by atoms with Gasteiger partial charge in [-0.05, 0) is 30.5 Å². The van der Waals surface area contributed by atoms with E-state index in [4.69, 9.17) is 4.74 Å². The molecule has 5 rings (SSSR count). The largest absolute Gasteiger partial charge is 0.378 e. The van der Waals surface area contributed by atoms with E-state index in [1.165, 1.54) is 0 Å². The van der Waals surface area contributed by atoms with E-state index >= 15 is 0 Å². The molecule has 3 aliphatic heterocycles. The van der Waals surface area contributed by atoms with Crippen LogP contribution in [0.15, 0.2) is 24.3 Å². The summed E-state index contributed by atoms with van der Waals surface area (Å²) in [5.74, 6) is -2.99. The van der Waals surface area contributed by atoms with Crippen LogP contribution in [0.5, 0.6) is 0 Å². The van der Waals surface area contributed by atoms with Crippen LogP contribution < -0.4 is 10.2 Å². The maximum atomic E-state index is 14.2. The van der Waals surface area contributed by atoms with E-state index in [0.29, 0.717) is 32.8 Å². The molecule has 32 heavy (non-hydrogen) atoms. The number of alkyl halides is 2. The van der Waals surface area contributed by atoms with Crippen molar-refractivity contribution in [2.45, 2.75) is 43.8 Å². The average molecular weight is 449 g/mol. The van der Waals surface area contributed by atoms with Crippen molar-refractivity contribution < 1.29 is 23.1 Å². The highest BCUT2D eigenvalue weighted by molar-refractivity contribution is 5.83. The Balaban J connectivity index is 1.15. The molecule has 0 aromatic heterocycles. The van der Waals surface area contributed by atoms with E-state index in [0.717, 1.165) is 37.2 Å². The van der Waals surface area contributed by atoms with Crippen LogP contribution in [0.2, 0.25) is 0 Å². The van der Waals surface area contributed by atoms with Crippen molar-refractivity contribution in [1.82, 2.24) is 15.1 Å². The van der Waals surface area contributed by atoms with Crippen LogP contribution in [-0.4, -0.2) is 85.6 Å². The molecule has 2 amide bonds. The number of carbonyl (C=O) groups is 2. The monoisotopic (exact) mass is 448 g/mol.